The normalized spacial score (nSPS) is 17.9. The summed E-state index contributed by atoms with van der Waals surface area (Å²) in [7, 11) is 0. The highest BCUT2D eigenvalue weighted by Crippen LogP contribution is 2.41. The van der Waals surface area contributed by atoms with Crippen molar-refractivity contribution in [3.63, 3.8) is 0 Å². The van der Waals surface area contributed by atoms with Gasteiger partial charge in [-0.2, -0.15) is 0 Å². The highest BCUT2D eigenvalue weighted by Gasteiger charge is 2.31. The van der Waals surface area contributed by atoms with Gasteiger partial charge in [0, 0.05) is 37.1 Å². The van der Waals surface area contributed by atoms with Gasteiger partial charge < -0.3 is 15.4 Å². The Morgan fingerprint density at radius 3 is 2.51 bits per heavy atom. The van der Waals surface area contributed by atoms with Gasteiger partial charge in [-0.15, -0.1) is 0 Å². The van der Waals surface area contributed by atoms with Crippen LogP contribution < -0.4 is 5.73 Å². The molecule has 190 valence electrons. The van der Waals surface area contributed by atoms with Crippen LogP contribution in [0.25, 0.3) is 28.2 Å². The summed E-state index contributed by atoms with van der Waals surface area (Å²) < 4.78 is 7.62. The number of nitrogens with two attached hydrogens (primary N) is 1. The molecule has 1 saturated carbocycles. The highest BCUT2D eigenvalue weighted by molar-refractivity contribution is 5.83. The van der Waals surface area contributed by atoms with E-state index >= 15 is 0 Å². The molecule has 1 amide bonds. The molecular weight excluding hydrogens is 464 g/mol. The van der Waals surface area contributed by atoms with Crippen molar-refractivity contribution in [1.82, 2.24) is 24.4 Å². The van der Waals surface area contributed by atoms with E-state index in [4.69, 9.17) is 20.4 Å². The van der Waals surface area contributed by atoms with Gasteiger partial charge in [0.2, 0.25) is 0 Å². The van der Waals surface area contributed by atoms with Crippen LogP contribution >= 0.6 is 0 Å². The highest BCUT2D eigenvalue weighted by atomic mass is 16.6. The van der Waals surface area contributed by atoms with E-state index in [1.54, 1.807) is 11.1 Å². The fourth-order valence-corrected chi connectivity index (χ4v) is 5.07. The predicted octanol–water partition coefficient (Wildman–Crippen LogP) is 5.67. The number of hydrogen-bond acceptors (Lipinski definition) is 6. The van der Waals surface area contributed by atoms with E-state index in [9.17, 15) is 4.79 Å². The lowest BCUT2D eigenvalue weighted by atomic mass is 9.98. The van der Waals surface area contributed by atoms with E-state index in [1.807, 2.05) is 39.1 Å². The molecule has 2 aliphatic rings. The zero-order chi connectivity index (χ0) is 25.7. The summed E-state index contributed by atoms with van der Waals surface area (Å²) in [6, 6.07) is 14.4. The summed E-state index contributed by atoms with van der Waals surface area (Å²) in [4.78, 5) is 28.4. The molecular formula is C29H32N6O2. The molecule has 2 N–H and O–H groups in total. The number of ether oxygens (including phenoxy) is 1. The fraction of sp³-hybridized carbons (Fsp3) is 0.379. The van der Waals surface area contributed by atoms with E-state index in [2.05, 4.69) is 39.9 Å². The molecule has 6 rings (SSSR count). The number of anilines is 1. The monoisotopic (exact) mass is 496 g/mol. The summed E-state index contributed by atoms with van der Waals surface area (Å²) in [6.45, 7) is 7.04. The molecule has 0 spiro atoms. The molecule has 37 heavy (non-hydrogen) atoms. The molecule has 3 aromatic heterocycles. The van der Waals surface area contributed by atoms with E-state index in [0.717, 1.165) is 34.7 Å². The van der Waals surface area contributed by atoms with Crippen LogP contribution in [0.15, 0.2) is 54.9 Å². The third-order valence-corrected chi connectivity index (χ3v) is 7.11. The van der Waals surface area contributed by atoms with Crippen LogP contribution in [-0.4, -0.2) is 49.2 Å². The molecule has 0 radical (unpaired) electrons. The summed E-state index contributed by atoms with van der Waals surface area (Å²) in [5, 5.41) is 0. The average Bonchev–Trinajstić information content (AvgIpc) is 3.47. The SMILES string of the molecule is CC(C)(C)OC(=O)N1CCC(c2ccc(-n3c(-c4cccnc4N)nc4cc(C5CC5)cnc43)cc2)C1. The Kier molecular flexibility index (Phi) is 5.62. The Balaban J connectivity index is 1.33. The number of carbonyl (C=O) groups is 1. The van der Waals surface area contributed by atoms with Gasteiger partial charge >= 0.3 is 6.09 Å². The van der Waals surface area contributed by atoms with E-state index in [1.165, 1.54) is 24.0 Å². The molecule has 0 bridgehead atoms. The Morgan fingerprint density at radius 2 is 1.81 bits per heavy atom. The lowest BCUT2D eigenvalue weighted by Gasteiger charge is -2.24. The summed E-state index contributed by atoms with van der Waals surface area (Å²) >= 11 is 0. The quantitative estimate of drug-likeness (QED) is 0.391. The number of nitrogen functional groups attached to an aromatic ring is 1. The van der Waals surface area contributed by atoms with Crippen LogP contribution in [0, 0.1) is 0 Å². The Hall–Kier alpha value is -3.94. The maximum atomic E-state index is 12.5. The predicted molar refractivity (Wildman–Crippen MR) is 144 cm³/mol. The largest absolute Gasteiger partial charge is 0.444 e. The first-order chi connectivity index (χ1) is 17.8. The van der Waals surface area contributed by atoms with Gasteiger partial charge in [0.15, 0.2) is 11.5 Å². The van der Waals surface area contributed by atoms with Crippen molar-refractivity contribution >= 4 is 23.1 Å². The van der Waals surface area contributed by atoms with Crippen molar-refractivity contribution in [3.8, 4) is 17.1 Å². The van der Waals surface area contributed by atoms with Gasteiger partial charge in [-0.3, -0.25) is 4.57 Å². The second-order valence-electron chi connectivity index (χ2n) is 11.1. The lowest BCUT2D eigenvalue weighted by Crippen LogP contribution is -2.35. The van der Waals surface area contributed by atoms with Gasteiger partial charge in [-0.1, -0.05) is 12.1 Å². The van der Waals surface area contributed by atoms with Crippen LogP contribution in [-0.2, 0) is 4.74 Å². The molecule has 1 aliphatic heterocycles. The van der Waals surface area contributed by atoms with Crippen LogP contribution in [0.1, 0.15) is 63.0 Å². The minimum atomic E-state index is -0.493. The van der Waals surface area contributed by atoms with E-state index < -0.39 is 5.60 Å². The number of benzene rings is 1. The van der Waals surface area contributed by atoms with Crippen LogP contribution in [0.2, 0.25) is 0 Å². The van der Waals surface area contributed by atoms with E-state index in [0.29, 0.717) is 24.8 Å². The zero-order valence-electron chi connectivity index (χ0n) is 21.5. The van der Waals surface area contributed by atoms with Gasteiger partial charge in [0.25, 0.3) is 0 Å². The second kappa shape index (κ2) is 8.87. The number of aromatic nitrogens is 4. The van der Waals surface area contributed by atoms with Crippen molar-refractivity contribution in [2.75, 3.05) is 18.8 Å². The Bertz CT molecular complexity index is 1470. The number of hydrogen-bond donors (Lipinski definition) is 1. The number of rotatable bonds is 4. The van der Waals surface area contributed by atoms with Gasteiger partial charge in [0.05, 0.1) is 5.56 Å². The topological polar surface area (TPSA) is 99.2 Å². The molecule has 1 saturated heterocycles. The standard InChI is InChI=1S/C29H32N6O2/c1-29(2,3)37-28(36)34-14-12-20(17-34)18-8-10-22(11-9-18)35-26(23-5-4-13-31-25(23)30)33-24-15-21(19-6-7-19)16-32-27(24)35/h4-5,8-11,13,15-16,19-20H,6-7,12,14,17H2,1-3H3,(H2,30,31). The third kappa shape index (κ3) is 4.63. The first-order valence-electron chi connectivity index (χ1n) is 12.9. The average molecular weight is 497 g/mol. The number of likely N-dealkylation sites (tertiary alicyclic amines) is 1. The number of nitrogens with zero attached hydrogens (tertiary/aromatic N) is 5. The summed E-state index contributed by atoms with van der Waals surface area (Å²) in [5.74, 6) is 2.03. The maximum absolute atomic E-state index is 12.5. The van der Waals surface area contributed by atoms with Crippen molar-refractivity contribution < 1.29 is 9.53 Å². The molecule has 1 atom stereocenters. The van der Waals surface area contributed by atoms with Gasteiger partial charge in [0.1, 0.15) is 16.9 Å². The van der Waals surface area contributed by atoms with Gasteiger partial charge in [-0.05, 0) is 87.4 Å². The maximum Gasteiger partial charge on any atom is 0.410 e. The zero-order valence-corrected chi connectivity index (χ0v) is 21.5. The molecule has 1 aromatic carbocycles. The first-order valence-corrected chi connectivity index (χ1v) is 12.9. The summed E-state index contributed by atoms with van der Waals surface area (Å²) in [5.41, 5.74) is 11.6. The van der Waals surface area contributed by atoms with E-state index in [-0.39, 0.29) is 12.0 Å². The molecule has 4 heterocycles. The molecule has 8 nitrogen and oxygen atoms in total. The second-order valence-corrected chi connectivity index (χ2v) is 11.1. The number of pyridine rings is 2. The minimum absolute atomic E-state index is 0.244. The van der Waals surface area contributed by atoms with Crippen molar-refractivity contribution in [3.05, 3.63) is 66.0 Å². The van der Waals surface area contributed by atoms with Crippen molar-refractivity contribution in [2.45, 2.75) is 57.5 Å². The number of amides is 1. The van der Waals surface area contributed by atoms with Crippen molar-refractivity contribution in [2.24, 2.45) is 0 Å². The number of carbonyl (C=O) groups excluding carboxylic acids is 1. The Labute approximate surface area is 216 Å². The summed E-state index contributed by atoms with van der Waals surface area (Å²) in [6.07, 6.45) is 6.76. The van der Waals surface area contributed by atoms with Crippen LogP contribution in [0.5, 0.6) is 0 Å². The lowest BCUT2D eigenvalue weighted by molar-refractivity contribution is 0.0292. The fourth-order valence-electron chi connectivity index (χ4n) is 5.07. The smallest absolute Gasteiger partial charge is 0.410 e. The number of imidazole rings is 1. The molecule has 1 aliphatic carbocycles. The first kappa shape index (κ1) is 23.5. The van der Waals surface area contributed by atoms with Crippen LogP contribution in [0.3, 0.4) is 0 Å². The number of fused-ring (bicyclic) bond motifs is 1. The minimum Gasteiger partial charge on any atom is -0.444 e. The molecule has 2 fully saturated rings. The molecule has 1 unspecified atom stereocenters. The van der Waals surface area contributed by atoms with Crippen molar-refractivity contribution in [1.29, 1.82) is 0 Å². The molecule has 4 aromatic rings. The Morgan fingerprint density at radius 1 is 1.03 bits per heavy atom. The van der Waals surface area contributed by atoms with Crippen LogP contribution in [0.4, 0.5) is 10.6 Å². The van der Waals surface area contributed by atoms with Gasteiger partial charge in [-0.25, -0.2) is 19.7 Å². The molecule has 8 heteroatoms. The third-order valence-electron chi connectivity index (χ3n) is 7.11.